The fourth-order valence-electron chi connectivity index (χ4n) is 2.15. The van der Waals surface area contributed by atoms with E-state index in [1.165, 1.54) is 0 Å². The van der Waals surface area contributed by atoms with Crippen molar-refractivity contribution in [1.82, 2.24) is 9.97 Å². The van der Waals surface area contributed by atoms with Crippen LogP contribution < -0.4 is 4.90 Å². The average Bonchev–Trinajstić information content (AvgIpc) is 2.28. The summed E-state index contributed by atoms with van der Waals surface area (Å²) in [4.78, 5) is 11.5. The van der Waals surface area contributed by atoms with Crippen LogP contribution in [0.1, 0.15) is 32.2 Å². The molecule has 4 heteroatoms. The number of hydrogen-bond acceptors (Lipinski definition) is 4. The summed E-state index contributed by atoms with van der Waals surface area (Å²) < 4.78 is 5.34. The van der Waals surface area contributed by atoms with E-state index in [-0.39, 0.29) is 5.41 Å². The van der Waals surface area contributed by atoms with E-state index >= 15 is 0 Å². The van der Waals surface area contributed by atoms with E-state index in [0.717, 1.165) is 43.5 Å². The molecule has 0 atom stereocenters. The van der Waals surface area contributed by atoms with Crippen LogP contribution in [0.2, 0.25) is 0 Å². The maximum atomic E-state index is 5.34. The minimum atomic E-state index is 0.0562. The van der Waals surface area contributed by atoms with Crippen LogP contribution in [0.25, 0.3) is 0 Å². The first-order valence-electron chi connectivity index (χ1n) is 6.15. The third-order valence-electron chi connectivity index (χ3n) is 2.98. The number of anilines is 1. The van der Waals surface area contributed by atoms with Crippen LogP contribution >= 0.6 is 0 Å². The fourth-order valence-corrected chi connectivity index (χ4v) is 2.15. The second kappa shape index (κ2) is 4.61. The molecule has 0 amide bonds. The number of morpholine rings is 1. The Labute approximate surface area is 103 Å². The first-order chi connectivity index (χ1) is 7.98. The van der Waals surface area contributed by atoms with Gasteiger partial charge in [0.25, 0.3) is 0 Å². The molecule has 1 saturated heterocycles. The Morgan fingerprint density at radius 2 is 1.88 bits per heavy atom. The van der Waals surface area contributed by atoms with E-state index in [4.69, 9.17) is 4.74 Å². The molecular weight excluding hydrogens is 214 g/mol. The Kier molecular flexibility index (Phi) is 3.33. The molecule has 2 rings (SSSR count). The van der Waals surface area contributed by atoms with Gasteiger partial charge in [-0.3, -0.25) is 4.98 Å². The standard InChI is InChI=1S/C13H21N3O/c1-10-12(13(2,3)4)14-9-11(15-10)16-5-7-17-8-6-16/h9H,5-8H2,1-4H3. The summed E-state index contributed by atoms with van der Waals surface area (Å²) in [6.45, 7) is 11.9. The molecule has 17 heavy (non-hydrogen) atoms. The first kappa shape index (κ1) is 12.3. The minimum absolute atomic E-state index is 0.0562. The summed E-state index contributed by atoms with van der Waals surface area (Å²) in [5, 5.41) is 0. The number of hydrogen-bond donors (Lipinski definition) is 0. The van der Waals surface area contributed by atoms with E-state index in [9.17, 15) is 0 Å². The van der Waals surface area contributed by atoms with E-state index in [2.05, 4.69) is 35.6 Å². The van der Waals surface area contributed by atoms with Crippen LogP contribution in [-0.2, 0) is 10.2 Å². The van der Waals surface area contributed by atoms with Gasteiger partial charge in [-0.05, 0) is 6.92 Å². The molecule has 1 aromatic heterocycles. The van der Waals surface area contributed by atoms with Gasteiger partial charge in [-0.1, -0.05) is 20.8 Å². The molecule has 0 radical (unpaired) electrons. The van der Waals surface area contributed by atoms with Crippen molar-refractivity contribution in [1.29, 1.82) is 0 Å². The molecule has 2 heterocycles. The van der Waals surface area contributed by atoms with Gasteiger partial charge in [0.15, 0.2) is 0 Å². The number of aryl methyl sites for hydroxylation is 1. The molecule has 1 aromatic rings. The quantitative estimate of drug-likeness (QED) is 0.745. The van der Waals surface area contributed by atoms with Crippen molar-refractivity contribution in [3.05, 3.63) is 17.6 Å². The molecule has 94 valence electrons. The van der Waals surface area contributed by atoms with Gasteiger partial charge in [-0.25, -0.2) is 4.98 Å². The predicted molar refractivity (Wildman–Crippen MR) is 68.5 cm³/mol. The molecule has 0 bridgehead atoms. The fraction of sp³-hybridized carbons (Fsp3) is 0.692. The Balaban J connectivity index is 2.24. The van der Waals surface area contributed by atoms with Gasteiger partial charge >= 0.3 is 0 Å². The molecule has 1 aliphatic rings. The van der Waals surface area contributed by atoms with Crippen LogP contribution in [0.5, 0.6) is 0 Å². The molecule has 4 nitrogen and oxygen atoms in total. The van der Waals surface area contributed by atoms with E-state index in [0.29, 0.717) is 0 Å². The molecule has 1 fully saturated rings. The highest BCUT2D eigenvalue weighted by Crippen LogP contribution is 2.24. The van der Waals surface area contributed by atoms with Crippen LogP contribution in [0.3, 0.4) is 0 Å². The van der Waals surface area contributed by atoms with Crippen LogP contribution in [0.15, 0.2) is 6.20 Å². The number of ether oxygens (including phenoxy) is 1. The van der Waals surface area contributed by atoms with Crippen LogP contribution in [-0.4, -0.2) is 36.3 Å². The molecule has 0 aromatic carbocycles. The van der Waals surface area contributed by atoms with Crippen LogP contribution in [0, 0.1) is 6.92 Å². The topological polar surface area (TPSA) is 38.2 Å². The zero-order valence-corrected chi connectivity index (χ0v) is 11.2. The van der Waals surface area contributed by atoms with Crippen molar-refractivity contribution in [2.45, 2.75) is 33.1 Å². The van der Waals surface area contributed by atoms with Gasteiger partial charge in [-0.2, -0.15) is 0 Å². The first-order valence-corrected chi connectivity index (χ1v) is 6.15. The molecule has 0 unspecified atom stereocenters. The number of aromatic nitrogens is 2. The second-order valence-electron chi connectivity index (χ2n) is 5.51. The summed E-state index contributed by atoms with van der Waals surface area (Å²) in [5.41, 5.74) is 2.16. The normalized spacial score (nSPS) is 17.3. The monoisotopic (exact) mass is 235 g/mol. The van der Waals surface area contributed by atoms with Gasteiger partial charge in [-0.15, -0.1) is 0 Å². The Morgan fingerprint density at radius 3 is 2.41 bits per heavy atom. The molecule has 0 spiro atoms. The van der Waals surface area contributed by atoms with Crippen molar-refractivity contribution in [3.63, 3.8) is 0 Å². The Hall–Kier alpha value is -1.16. The highest BCUT2D eigenvalue weighted by Gasteiger charge is 2.20. The van der Waals surface area contributed by atoms with Gasteiger partial charge in [0.2, 0.25) is 0 Å². The maximum Gasteiger partial charge on any atom is 0.147 e. The van der Waals surface area contributed by atoms with Gasteiger partial charge in [0.1, 0.15) is 5.82 Å². The zero-order valence-electron chi connectivity index (χ0n) is 11.2. The summed E-state index contributed by atoms with van der Waals surface area (Å²) in [7, 11) is 0. The molecule has 1 aliphatic heterocycles. The SMILES string of the molecule is Cc1nc(N2CCOCC2)cnc1C(C)(C)C. The van der Waals surface area contributed by atoms with Crippen molar-refractivity contribution < 1.29 is 4.74 Å². The van der Waals surface area contributed by atoms with Crippen molar-refractivity contribution >= 4 is 5.82 Å². The molecule has 0 saturated carbocycles. The summed E-state index contributed by atoms with van der Waals surface area (Å²) >= 11 is 0. The lowest BCUT2D eigenvalue weighted by Gasteiger charge is -2.28. The lowest BCUT2D eigenvalue weighted by atomic mass is 9.90. The van der Waals surface area contributed by atoms with E-state index in [1.807, 2.05) is 13.1 Å². The molecule has 0 aliphatic carbocycles. The third kappa shape index (κ3) is 2.75. The van der Waals surface area contributed by atoms with Crippen LogP contribution in [0.4, 0.5) is 5.82 Å². The largest absolute Gasteiger partial charge is 0.378 e. The summed E-state index contributed by atoms with van der Waals surface area (Å²) in [6.07, 6.45) is 1.89. The van der Waals surface area contributed by atoms with Crippen molar-refractivity contribution in [2.75, 3.05) is 31.2 Å². The zero-order chi connectivity index (χ0) is 12.5. The highest BCUT2D eigenvalue weighted by molar-refractivity contribution is 5.39. The highest BCUT2D eigenvalue weighted by atomic mass is 16.5. The maximum absolute atomic E-state index is 5.34. The number of nitrogens with zero attached hydrogens (tertiary/aromatic N) is 3. The molecule has 0 N–H and O–H groups in total. The lowest BCUT2D eigenvalue weighted by molar-refractivity contribution is 0.122. The van der Waals surface area contributed by atoms with Crippen molar-refractivity contribution in [2.24, 2.45) is 0 Å². The van der Waals surface area contributed by atoms with Crippen molar-refractivity contribution in [3.8, 4) is 0 Å². The minimum Gasteiger partial charge on any atom is -0.378 e. The smallest absolute Gasteiger partial charge is 0.147 e. The summed E-state index contributed by atoms with van der Waals surface area (Å²) in [6, 6.07) is 0. The number of rotatable bonds is 1. The van der Waals surface area contributed by atoms with E-state index in [1.54, 1.807) is 0 Å². The Morgan fingerprint density at radius 1 is 1.24 bits per heavy atom. The second-order valence-corrected chi connectivity index (χ2v) is 5.51. The Bertz CT molecular complexity index is 392. The van der Waals surface area contributed by atoms with E-state index < -0.39 is 0 Å². The van der Waals surface area contributed by atoms with Gasteiger partial charge < -0.3 is 9.64 Å². The summed E-state index contributed by atoms with van der Waals surface area (Å²) in [5.74, 6) is 0.971. The average molecular weight is 235 g/mol. The van der Waals surface area contributed by atoms with Gasteiger partial charge in [0, 0.05) is 18.5 Å². The molecular formula is C13H21N3O. The van der Waals surface area contributed by atoms with Gasteiger partial charge in [0.05, 0.1) is 30.8 Å². The third-order valence-corrected chi connectivity index (χ3v) is 2.98. The predicted octanol–water partition coefficient (Wildman–Crippen LogP) is 1.92. The lowest BCUT2D eigenvalue weighted by Crippen LogP contribution is -2.37.